The van der Waals surface area contributed by atoms with Gasteiger partial charge in [0.15, 0.2) is 0 Å². The van der Waals surface area contributed by atoms with E-state index in [2.05, 4.69) is 5.32 Å². The van der Waals surface area contributed by atoms with Crippen LogP contribution in [0, 0.1) is 0 Å². The van der Waals surface area contributed by atoms with E-state index in [0.29, 0.717) is 6.42 Å². The van der Waals surface area contributed by atoms with Crippen molar-refractivity contribution in [2.75, 3.05) is 11.9 Å². The molecule has 1 amide bonds. The van der Waals surface area contributed by atoms with Gasteiger partial charge in [-0.05, 0) is 44.4 Å². The van der Waals surface area contributed by atoms with E-state index in [4.69, 9.17) is 10.8 Å². The van der Waals surface area contributed by atoms with E-state index in [9.17, 15) is 4.79 Å². The molecule has 4 nitrogen and oxygen atoms in total. The lowest BCUT2D eigenvalue weighted by molar-refractivity contribution is -0.119. The van der Waals surface area contributed by atoms with Crippen molar-refractivity contribution in [2.45, 2.75) is 38.1 Å². The lowest BCUT2D eigenvalue weighted by atomic mass is 9.82. The van der Waals surface area contributed by atoms with Crippen molar-refractivity contribution in [3.8, 4) is 0 Å². The number of nitrogens with one attached hydrogen (secondary N) is 1. The minimum atomic E-state index is -0.578. The Bertz CT molecular complexity index is 493. The third-order valence-corrected chi connectivity index (χ3v) is 3.80. The van der Waals surface area contributed by atoms with Gasteiger partial charge in [0.25, 0.3) is 0 Å². The second-order valence-electron chi connectivity index (χ2n) is 5.73. The fraction of sp³-hybridized carbons (Fsp3) is 0.500. The molecule has 0 aliphatic carbocycles. The molecule has 1 atom stereocenters. The largest absolute Gasteiger partial charge is 0.396 e. The van der Waals surface area contributed by atoms with E-state index < -0.39 is 11.0 Å². The van der Waals surface area contributed by atoms with Crippen molar-refractivity contribution in [3.63, 3.8) is 0 Å². The molecule has 1 aliphatic rings. The molecular formula is C14H20N2O2. The van der Waals surface area contributed by atoms with Crippen molar-refractivity contribution in [1.82, 2.24) is 0 Å². The Morgan fingerprint density at radius 1 is 1.44 bits per heavy atom. The van der Waals surface area contributed by atoms with E-state index in [1.165, 1.54) is 0 Å². The molecule has 0 aromatic heterocycles. The Hall–Kier alpha value is -1.39. The first kappa shape index (κ1) is 13.1. The van der Waals surface area contributed by atoms with Crippen LogP contribution in [0.3, 0.4) is 0 Å². The molecule has 4 N–H and O–H groups in total. The Labute approximate surface area is 107 Å². The number of benzene rings is 1. The normalized spacial score (nSPS) is 20.2. The molecule has 0 bridgehead atoms. The summed E-state index contributed by atoms with van der Waals surface area (Å²) in [6.07, 6.45) is 0.494. The number of fused-ring (bicyclic) bond motifs is 1. The molecule has 0 spiro atoms. The van der Waals surface area contributed by atoms with Crippen LogP contribution in [0.4, 0.5) is 5.69 Å². The lowest BCUT2D eigenvalue weighted by Crippen LogP contribution is -2.34. The Morgan fingerprint density at radius 2 is 2.11 bits per heavy atom. The van der Waals surface area contributed by atoms with E-state index in [0.717, 1.165) is 16.8 Å². The summed E-state index contributed by atoms with van der Waals surface area (Å²) in [6, 6.07) is 5.78. The minimum absolute atomic E-state index is 0.00975. The van der Waals surface area contributed by atoms with Crippen LogP contribution < -0.4 is 11.1 Å². The van der Waals surface area contributed by atoms with Gasteiger partial charge in [-0.3, -0.25) is 4.79 Å². The van der Waals surface area contributed by atoms with E-state index in [1.807, 2.05) is 39.0 Å². The van der Waals surface area contributed by atoms with E-state index in [-0.39, 0.29) is 12.5 Å². The van der Waals surface area contributed by atoms with Crippen LogP contribution in [-0.2, 0) is 15.7 Å². The highest BCUT2D eigenvalue weighted by Crippen LogP contribution is 2.39. The highest BCUT2D eigenvalue weighted by Gasteiger charge is 2.39. The fourth-order valence-electron chi connectivity index (χ4n) is 2.30. The monoisotopic (exact) mass is 248 g/mol. The molecule has 0 saturated heterocycles. The van der Waals surface area contributed by atoms with Gasteiger partial charge < -0.3 is 16.2 Å². The molecule has 1 aromatic rings. The topological polar surface area (TPSA) is 75.3 Å². The summed E-state index contributed by atoms with van der Waals surface area (Å²) in [5.41, 5.74) is 7.87. The predicted octanol–water partition coefficient (Wildman–Crippen LogP) is 1.47. The molecule has 0 radical (unpaired) electrons. The number of nitrogens with two attached hydrogens (primary N) is 1. The Kier molecular flexibility index (Phi) is 2.95. The Morgan fingerprint density at radius 3 is 2.72 bits per heavy atom. The summed E-state index contributed by atoms with van der Waals surface area (Å²) in [5.74, 6) is 0.00975. The minimum Gasteiger partial charge on any atom is -0.396 e. The van der Waals surface area contributed by atoms with Gasteiger partial charge in [-0.2, -0.15) is 0 Å². The first-order chi connectivity index (χ1) is 8.29. The molecule has 98 valence electrons. The molecule has 1 heterocycles. The summed E-state index contributed by atoms with van der Waals surface area (Å²) < 4.78 is 0. The molecular weight excluding hydrogens is 228 g/mol. The van der Waals surface area contributed by atoms with Crippen LogP contribution in [0.25, 0.3) is 0 Å². The van der Waals surface area contributed by atoms with Gasteiger partial charge >= 0.3 is 0 Å². The maximum absolute atomic E-state index is 11.9. The van der Waals surface area contributed by atoms with E-state index in [1.54, 1.807) is 0 Å². The van der Waals surface area contributed by atoms with Crippen LogP contribution in [0.1, 0.15) is 38.3 Å². The summed E-state index contributed by atoms with van der Waals surface area (Å²) in [6.45, 7) is 5.74. The van der Waals surface area contributed by atoms with Gasteiger partial charge in [0, 0.05) is 17.8 Å². The first-order valence-corrected chi connectivity index (χ1v) is 6.15. The van der Waals surface area contributed by atoms with Gasteiger partial charge in [-0.25, -0.2) is 0 Å². The first-order valence-electron chi connectivity index (χ1n) is 6.15. The van der Waals surface area contributed by atoms with Gasteiger partial charge in [-0.1, -0.05) is 12.1 Å². The zero-order valence-corrected chi connectivity index (χ0v) is 11.1. The number of amides is 1. The Balaban J connectivity index is 2.46. The van der Waals surface area contributed by atoms with Crippen molar-refractivity contribution in [3.05, 3.63) is 29.3 Å². The number of carbonyl (C=O) groups is 1. The fourth-order valence-corrected chi connectivity index (χ4v) is 2.30. The number of aliphatic hydroxyl groups is 1. The number of carbonyl (C=O) groups excluding carboxylic acids is 1. The van der Waals surface area contributed by atoms with Crippen molar-refractivity contribution in [1.29, 1.82) is 0 Å². The zero-order chi connectivity index (χ0) is 13.6. The van der Waals surface area contributed by atoms with Crippen molar-refractivity contribution < 1.29 is 9.90 Å². The summed E-state index contributed by atoms with van der Waals surface area (Å²) >= 11 is 0. The van der Waals surface area contributed by atoms with Gasteiger partial charge in [-0.15, -0.1) is 0 Å². The van der Waals surface area contributed by atoms with Crippen LogP contribution in [0.5, 0.6) is 0 Å². The van der Waals surface area contributed by atoms with Gasteiger partial charge in [0.2, 0.25) is 5.91 Å². The van der Waals surface area contributed by atoms with E-state index >= 15 is 0 Å². The average molecular weight is 248 g/mol. The number of hydrogen-bond acceptors (Lipinski definition) is 3. The molecule has 4 heteroatoms. The summed E-state index contributed by atoms with van der Waals surface area (Å²) in [7, 11) is 0. The highest BCUT2D eigenvalue weighted by atomic mass is 16.3. The molecule has 2 rings (SSSR count). The standard InChI is InChI=1S/C14H20N2O2/c1-13(2)10-8-9(14(3,15)6-7-17)4-5-11(10)16-12(13)18/h4-5,8,17H,6-7,15H2,1-3H3,(H,16,18). The third-order valence-electron chi connectivity index (χ3n) is 3.80. The second kappa shape index (κ2) is 4.07. The molecule has 0 saturated carbocycles. The van der Waals surface area contributed by atoms with Crippen LogP contribution in [-0.4, -0.2) is 17.6 Å². The smallest absolute Gasteiger partial charge is 0.234 e. The molecule has 1 unspecified atom stereocenters. The number of anilines is 1. The summed E-state index contributed by atoms with van der Waals surface area (Å²) in [4.78, 5) is 11.9. The predicted molar refractivity (Wildman–Crippen MR) is 71.3 cm³/mol. The molecule has 0 fully saturated rings. The quantitative estimate of drug-likeness (QED) is 0.758. The maximum Gasteiger partial charge on any atom is 0.234 e. The highest BCUT2D eigenvalue weighted by molar-refractivity contribution is 6.05. The number of aliphatic hydroxyl groups excluding tert-OH is 1. The number of hydrogen-bond donors (Lipinski definition) is 3. The van der Waals surface area contributed by atoms with Crippen LogP contribution in [0.15, 0.2) is 18.2 Å². The van der Waals surface area contributed by atoms with Gasteiger partial charge in [0.1, 0.15) is 0 Å². The van der Waals surface area contributed by atoms with Crippen molar-refractivity contribution in [2.24, 2.45) is 5.73 Å². The van der Waals surface area contributed by atoms with Gasteiger partial charge in [0.05, 0.1) is 5.41 Å². The van der Waals surface area contributed by atoms with Crippen LogP contribution >= 0.6 is 0 Å². The van der Waals surface area contributed by atoms with Crippen LogP contribution in [0.2, 0.25) is 0 Å². The summed E-state index contributed by atoms with van der Waals surface area (Å²) in [5, 5.41) is 11.9. The second-order valence-corrected chi connectivity index (χ2v) is 5.73. The molecule has 1 aliphatic heterocycles. The maximum atomic E-state index is 11.9. The lowest BCUT2D eigenvalue weighted by Gasteiger charge is -2.26. The zero-order valence-electron chi connectivity index (χ0n) is 11.1. The third kappa shape index (κ3) is 1.91. The molecule has 1 aromatic carbocycles. The average Bonchev–Trinajstić information content (AvgIpc) is 2.50. The SMILES string of the molecule is CC(N)(CCO)c1ccc2c(c1)C(C)(C)C(=O)N2. The number of rotatable bonds is 3. The molecule has 18 heavy (non-hydrogen) atoms. The van der Waals surface area contributed by atoms with Crippen molar-refractivity contribution >= 4 is 11.6 Å².